The zero-order chi connectivity index (χ0) is 21.7. The van der Waals surface area contributed by atoms with Crippen LogP contribution in [0.25, 0.3) is 22.8 Å². The van der Waals surface area contributed by atoms with Gasteiger partial charge in [0.05, 0.1) is 12.7 Å². The molecule has 0 fully saturated rings. The minimum atomic E-state index is -4.32. The van der Waals surface area contributed by atoms with Gasteiger partial charge in [-0.05, 0) is 36.4 Å². The normalized spacial score (nSPS) is 12.0. The van der Waals surface area contributed by atoms with Crippen molar-refractivity contribution in [3.05, 3.63) is 48.8 Å². The van der Waals surface area contributed by atoms with Crippen LogP contribution < -0.4 is 9.47 Å². The number of aliphatic hydroxyl groups excluding tert-OH is 1. The second kappa shape index (κ2) is 10.8. The van der Waals surface area contributed by atoms with Gasteiger partial charge < -0.3 is 19.7 Å². The first-order valence-corrected chi connectivity index (χ1v) is 10.3. The van der Waals surface area contributed by atoms with Gasteiger partial charge in [0.15, 0.2) is 11.6 Å². The Morgan fingerprint density at radius 2 is 1.68 bits per heavy atom. The fourth-order valence-corrected chi connectivity index (χ4v) is 3.16. The third-order valence-electron chi connectivity index (χ3n) is 3.98. The Kier molecular flexibility index (Phi) is 8.74. The molecule has 0 aliphatic carbocycles. The molecule has 1 unspecified atom stereocenters. The van der Waals surface area contributed by atoms with Gasteiger partial charge in [0.1, 0.15) is 42.0 Å². The van der Waals surface area contributed by atoms with E-state index in [-0.39, 0.29) is 53.5 Å². The van der Waals surface area contributed by atoms with E-state index in [2.05, 4.69) is 15.0 Å². The molecule has 3 aromatic rings. The zero-order valence-electron chi connectivity index (χ0n) is 15.8. The number of aliphatic hydroxyl groups is 1. The quantitative estimate of drug-likeness (QED) is 0.328. The molecule has 1 aromatic heterocycles. The molecule has 3 rings (SSSR count). The molecule has 160 valence electrons. The van der Waals surface area contributed by atoms with E-state index in [9.17, 15) is 18.6 Å². The van der Waals surface area contributed by atoms with E-state index >= 15 is 0 Å². The van der Waals surface area contributed by atoms with Gasteiger partial charge in [-0.3, -0.25) is 4.55 Å². The molecule has 0 aliphatic rings. The maximum atomic E-state index is 10.7. The Morgan fingerprint density at radius 1 is 1.03 bits per heavy atom. The number of methoxy groups -OCH3 is 1. The van der Waals surface area contributed by atoms with E-state index in [4.69, 9.17) is 14.0 Å². The molecule has 1 heterocycles. The molecule has 0 radical (unpaired) electrons. The number of ether oxygens (including phenoxy) is 2. The number of hydrogen-bond donors (Lipinski definition) is 3. The number of aromatic nitrogens is 3. The maximum absolute atomic E-state index is 10.7. The van der Waals surface area contributed by atoms with Gasteiger partial charge in [-0.25, -0.2) is 15.0 Å². The average molecular weight is 457 g/mol. The molecule has 0 spiro atoms. The Labute approximate surface area is 201 Å². The van der Waals surface area contributed by atoms with Crippen LogP contribution in [0.3, 0.4) is 0 Å². The number of phenolic OH excluding ortho intramolecular Hbond substituents is 1. The molecule has 3 N–H and O–H groups in total. The zero-order valence-corrected chi connectivity index (χ0v) is 16.7. The van der Waals surface area contributed by atoms with Crippen LogP contribution in [0.15, 0.2) is 48.8 Å². The predicted molar refractivity (Wildman–Crippen MR) is 114 cm³/mol. The summed E-state index contributed by atoms with van der Waals surface area (Å²) < 4.78 is 40.6. The minimum absolute atomic E-state index is 0. The van der Waals surface area contributed by atoms with Gasteiger partial charge in [-0.2, -0.15) is 8.42 Å². The second-order valence-electron chi connectivity index (χ2n) is 6.25. The molecular formula is C19H20N3NaO7S. The van der Waals surface area contributed by atoms with Crippen LogP contribution in [-0.2, 0) is 10.1 Å². The molecule has 0 aliphatic heterocycles. The Morgan fingerprint density at radius 3 is 2.29 bits per heavy atom. The summed E-state index contributed by atoms with van der Waals surface area (Å²) in [4.78, 5) is 12.6. The van der Waals surface area contributed by atoms with Crippen molar-refractivity contribution in [3.8, 4) is 40.0 Å². The summed E-state index contributed by atoms with van der Waals surface area (Å²) in [6.45, 7) is -0.383. The van der Waals surface area contributed by atoms with Gasteiger partial charge in [-0.1, -0.05) is 0 Å². The summed E-state index contributed by atoms with van der Waals surface area (Å²) in [5.74, 6) is 0.513. The van der Waals surface area contributed by atoms with Crippen LogP contribution in [0.5, 0.6) is 17.2 Å². The van der Waals surface area contributed by atoms with Gasteiger partial charge in [0.25, 0.3) is 10.1 Å². The van der Waals surface area contributed by atoms with Crippen LogP contribution in [0, 0.1) is 0 Å². The molecular weight excluding hydrogens is 437 g/mol. The van der Waals surface area contributed by atoms with Crippen molar-refractivity contribution in [2.45, 2.75) is 6.10 Å². The first kappa shape index (κ1) is 25.0. The molecule has 0 amide bonds. The van der Waals surface area contributed by atoms with Gasteiger partial charge in [-0.15, -0.1) is 0 Å². The van der Waals surface area contributed by atoms with Crippen LogP contribution >= 0.6 is 0 Å². The standard InChI is InChI=1S/C19H19N3O7S.Na.H/c1-28-14-4-2-12(3-5-14)18-20-11-21-19(22-18)16-7-6-15(8-17(16)24)29-9-13(23)10-30(25,26)27;;/h2-8,11,13,23-24H,9-10H2,1H3,(H,25,26,27);;. The molecule has 31 heavy (non-hydrogen) atoms. The Bertz CT molecular complexity index is 1130. The van der Waals surface area contributed by atoms with E-state index in [1.165, 1.54) is 24.5 Å². The van der Waals surface area contributed by atoms with Crippen LogP contribution in [-0.4, -0.2) is 93.3 Å². The van der Waals surface area contributed by atoms with Crippen molar-refractivity contribution >= 4 is 39.7 Å². The summed E-state index contributed by atoms with van der Waals surface area (Å²) >= 11 is 0. The third kappa shape index (κ3) is 7.13. The SMILES string of the molecule is COc1ccc(-c2ncnc(-c3ccc(OCC(O)CS(=O)(=O)O)cc3O)n2)cc1.[NaH]. The molecule has 12 heteroatoms. The average Bonchev–Trinajstić information content (AvgIpc) is 2.71. The van der Waals surface area contributed by atoms with Crippen LogP contribution in [0.4, 0.5) is 0 Å². The van der Waals surface area contributed by atoms with Crippen molar-refractivity contribution in [2.75, 3.05) is 19.5 Å². The van der Waals surface area contributed by atoms with Crippen LogP contribution in [0.2, 0.25) is 0 Å². The fraction of sp³-hybridized carbons (Fsp3) is 0.211. The number of hydrogen-bond acceptors (Lipinski definition) is 9. The fourth-order valence-electron chi connectivity index (χ4n) is 2.58. The molecule has 10 nitrogen and oxygen atoms in total. The van der Waals surface area contributed by atoms with Gasteiger partial charge in [0.2, 0.25) is 0 Å². The third-order valence-corrected chi connectivity index (χ3v) is 4.78. The number of benzene rings is 2. The first-order chi connectivity index (χ1) is 14.2. The predicted octanol–water partition coefficient (Wildman–Crippen LogP) is 0.899. The van der Waals surface area contributed by atoms with E-state index < -0.39 is 22.0 Å². The number of aromatic hydroxyl groups is 1. The van der Waals surface area contributed by atoms with Crippen molar-refractivity contribution in [3.63, 3.8) is 0 Å². The second-order valence-corrected chi connectivity index (χ2v) is 7.75. The summed E-state index contributed by atoms with van der Waals surface area (Å²) in [5.41, 5.74) is 1.07. The number of nitrogens with zero attached hydrogens (tertiary/aromatic N) is 3. The Hall–Kier alpha value is -2.28. The van der Waals surface area contributed by atoms with E-state index in [1.807, 2.05) is 0 Å². The van der Waals surface area contributed by atoms with Gasteiger partial charge in [0, 0.05) is 11.6 Å². The number of rotatable bonds is 8. The number of phenols is 1. The van der Waals surface area contributed by atoms with E-state index in [0.29, 0.717) is 17.1 Å². The van der Waals surface area contributed by atoms with E-state index in [1.54, 1.807) is 31.4 Å². The van der Waals surface area contributed by atoms with Crippen molar-refractivity contribution in [1.29, 1.82) is 0 Å². The summed E-state index contributed by atoms with van der Waals surface area (Å²) in [6.07, 6.45) is -0.0883. The monoisotopic (exact) mass is 457 g/mol. The van der Waals surface area contributed by atoms with E-state index in [0.717, 1.165) is 5.56 Å². The van der Waals surface area contributed by atoms with Crippen molar-refractivity contribution in [1.82, 2.24) is 15.0 Å². The molecule has 0 saturated carbocycles. The molecule has 1 atom stereocenters. The van der Waals surface area contributed by atoms with Crippen LogP contribution in [0.1, 0.15) is 0 Å². The summed E-state index contributed by atoms with van der Waals surface area (Å²) in [6, 6.07) is 11.5. The summed E-state index contributed by atoms with van der Waals surface area (Å²) in [7, 11) is -2.75. The van der Waals surface area contributed by atoms with Crippen molar-refractivity contribution in [2.24, 2.45) is 0 Å². The summed E-state index contributed by atoms with van der Waals surface area (Å²) in [5, 5.41) is 19.9. The molecule has 0 bridgehead atoms. The molecule has 0 saturated heterocycles. The van der Waals surface area contributed by atoms with Gasteiger partial charge >= 0.3 is 29.6 Å². The van der Waals surface area contributed by atoms with Crippen molar-refractivity contribution < 1.29 is 32.7 Å². The topological polar surface area (TPSA) is 152 Å². The Balaban J connectivity index is 0.00000341. The molecule has 2 aromatic carbocycles. The first-order valence-electron chi connectivity index (χ1n) is 8.68.